The number of amides is 1. The Hall–Kier alpha value is -1.57. The normalized spacial score (nSPS) is 11.5. The highest BCUT2D eigenvalue weighted by atomic mass is 35.5. The summed E-state index contributed by atoms with van der Waals surface area (Å²) in [5.41, 5.74) is 5.39. The van der Waals surface area contributed by atoms with Crippen molar-refractivity contribution in [2.75, 3.05) is 5.32 Å². The Kier molecular flexibility index (Phi) is 5.34. The van der Waals surface area contributed by atoms with Crippen molar-refractivity contribution in [2.45, 2.75) is 6.04 Å². The average Bonchev–Trinajstić information content (AvgIpc) is 2.84. The number of nitrogens with one attached hydrogen (secondary N) is 1. The summed E-state index contributed by atoms with van der Waals surface area (Å²) in [6.45, 7) is 0. The molecule has 3 N–H and O–H groups in total. The molecule has 0 unspecified atom stereocenters. The fraction of sp³-hybridized carbons (Fsp3) is 0.0909. The third-order valence-electron chi connectivity index (χ3n) is 2.24. The van der Waals surface area contributed by atoms with E-state index in [-0.39, 0.29) is 18.0 Å². The highest BCUT2D eigenvalue weighted by molar-refractivity contribution is 7.13. The topological polar surface area (TPSA) is 68.0 Å². The molecule has 0 spiro atoms. The van der Waals surface area contributed by atoms with Crippen LogP contribution in [-0.2, 0) is 4.79 Å². The number of carbonyl (C=O) groups is 1. The number of carbonyl (C=O) groups excluding carboxylic acids is 1. The van der Waals surface area contributed by atoms with E-state index in [9.17, 15) is 13.6 Å². The van der Waals surface area contributed by atoms with E-state index < -0.39 is 23.6 Å². The van der Waals surface area contributed by atoms with E-state index in [2.05, 4.69) is 10.3 Å². The number of hydrogen-bond donors (Lipinski definition) is 2. The van der Waals surface area contributed by atoms with Gasteiger partial charge in [0.05, 0.1) is 0 Å². The highest BCUT2D eigenvalue weighted by Gasteiger charge is 2.20. The summed E-state index contributed by atoms with van der Waals surface area (Å²) >= 11 is 1.20. The van der Waals surface area contributed by atoms with Crippen molar-refractivity contribution in [3.63, 3.8) is 0 Å². The number of hydrogen-bond acceptors (Lipinski definition) is 4. The molecule has 4 nitrogen and oxygen atoms in total. The number of nitrogens with zero attached hydrogens (tertiary/aromatic N) is 1. The molecule has 1 aromatic heterocycles. The Bertz CT molecular complexity index is 565. The van der Waals surface area contributed by atoms with Crippen molar-refractivity contribution in [1.82, 2.24) is 4.98 Å². The van der Waals surface area contributed by atoms with Gasteiger partial charge in [0.15, 0.2) is 5.13 Å². The van der Waals surface area contributed by atoms with Crippen LogP contribution in [0.4, 0.5) is 13.9 Å². The summed E-state index contributed by atoms with van der Waals surface area (Å²) in [7, 11) is 0. The monoisotopic (exact) mass is 305 g/mol. The molecule has 0 saturated carbocycles. The molecule has 0 bridgehead atoms. The Morgan fingerprint density at radius 2 is 2.16 bits per heavy atom. The third-order valence-corrected chi connectivity index (χ3v) is 2.93. The molecule has 0 aliphatic heterocycles. The van der Waals surface area contributed by atoms with E-state index in [4.69, 9.17) is 5.73 Å². The predicted molar refractivity (Wildman–Crippen MR) is 71.3 cm³/mol. The summed E-state index contributed by atoms with van der Waals surface area (Å²) in [5, 5.41) is 4.45. The van der Waals surface area contributed by atoms with Gasteiger partial charge in [-0.1, -0.05) is 0 Å². The van der Waals surface area contributed by atoms with Gasteiger partial charge in [-0.3, -0.25) is 4.79 Å². The second-order valence-electron chi connectivity index (χ2n) is 3.47. The first-order valence-electron chi connectivity index (χ1n) is 4.99. The first-order valence-corrected chi connectivity index (χ1v) is 5.87. The van der Waals surface area contributed by atoms with E-state index in [0.717, 1.165) is 18.2 Å². The number of rotatable bonds is 3. The molecule has 102 valence electrons. The maximum Gasteiger partial charge on any atom is 0.247 e. The molecule has 0 fully saturated rings. The average molecular weight is 306 g/mol. The fourth-order valence-electron chi connectivity index (χ4n) is 1.36. The third kappa shape index (κ3) is 3.69. The van der Waals surface area contributed by atoms with Gasteiger partial charge in [0.1, 0.15) is 17.7 Å². The summed E-state index contributed by atoms with van der Waals surface area (Å²) in [6, 6.07) is 1.51. The zero-order chi connectivity index (χ0) is 13.1. The lowest BCUT2D eigenvalue weighted by atomic mass is 10.1. The maximum atomic E-state index is 13.4. The SMILES string of the molecule is Cl.N[C@@H](C(=O)Nc1nccs1)c1cc(F)ccc1F. The zero-order valence-corrected chi connectivity index (χ0v) is 11.1. The standard InChI is InChI=1S/C11H9F2N3OS.ClH/c12-6-1-2-8(13)7(5-6)9(14)10(17)16-11-15-3-4-18-11;/h1-5,9H,14H2,(H,15,16,17);1H/t9-;/m1./s1. The molecular weight excluding hydrogens is 296 g/mol. The molecule has 2 aromatic rings. The van der Waals surface area contributed by atoms with Crippen LogP contribution in [-0.4, -0.2) is 10.9 Å². The first-order chi connectivity index (χ1) is 8.58. The minimum atomic E-state index is -1.29. The second kappa shape index (κ2) is 6.55. The molecular formula is C11H10ClF2N3OS. The number of thiazole rings is 1. The largest absolute Gasteiger partial charge is 0.316 e. The van der Waals surface area contributed by atoms with Crippen LogP contribution in [0.15, 0.2) is 29.8 Å². The molecule has 1 amide bonds. The highest BCUT2D eigenvalue weighted by Crippen LogP contribution is 2.19. The Balaban J connectivity index is 0.00000180. The van der Waals surface area contributed by atoms with Crippen LogP contribution in [0.1, 0.15) is 11.6 Å². The summed E-state index contributed by atoms with van der Waals surface area (Å²) < 4.78 is 26.4. The maximum absolute atomic E-state index is 13.4. The molecule has 0 aliphatic carbocycles. The number of halogens is 3. The Morgan fingerprint density at radius 1 is 1.42 bits per heavy atom. The molecule has 1 aromatic carbocycles. The first kappa shape index (κ1) is 15.5. The van der Waals surface area contributed by atoms with Crippen molar-refractivity contribution >= 4 is 34.8 Å². The summed E-state index contributed by atoms with van der Waals surface area (Å²) in [4.78, 5) is 15.6. The van der Waals surface area contributed by atoms with Gasteiger partial charge in [0, 0.05) is 17.1 Å². The number of benzene rings is 1. The Labute approximate surface area is 118 Å². The van der Waals surface area contributed by atoms with Gasteiger partial charge in [-0.05, 0) is 18.2 Å². The van der Waals surface area contributed by atoms with Crippen LogP contribution in [0, 0.1) is 11.6 Å². The summed E-state index contributed by atoms with van der Waals surface area (Å²) in [6.07, 6.45) is 1.51. The predicted octanol–water partition coefficient (Wildman–Crippen LogP) is 2.48. The molecule has 1 heterocycles. The van der Waals surface area contributed by atoms with Crippen molar-refractivity contribution in [3.05, 3.63) is 47.0 Å². The molecule has 0 radical (unpaired) electrons. The molecule has 1 atom stereocenters. The van der Waals surface area contributed by atoms with E-state index in [1.54, 1.807) is 5.38 Å². The smallest absolute Gasteiger partial charge is 0.247 e. The van der Waals surface area contributed by atoms with Crippen LogP contribution < -0.4 is 11.1 Å². The van der Waals surface area contributed by atoms with Gasteiger partial charge in [0.25, 0.3) is 0 Å². The van der Waals surface area contributed by atoms with Crippen LogP contribution in [0.3, 0.4) is 0 Å². The molecule has 0 aliphatic rings. The fourth-order valence-corrected chi connectivity index (χ4v) is 1.89. The number of anilines is 1. The van der Waals surface area contributed by atoms with Crippen LogP contribution in [0.2, 0.25) is 0 Å². The van der Waals surface area contributed by atoms with Crippen LogP contribution >= 0.6 is 23.7 Å². The van der Waals surface area contributed by atoms with Crippen molar-refractivity contribution in [1.29, 1.82) is 0 Å². The summed E-state index contributed by atoms with van der Waals surface area (Å²) in [5.74, 6) is -2.02. The van der Waals surface area contributed by atoms with Crippen LogP contribution in [0.5, 0.6) is 0 Å². The molecule has 19 heavy (non-hydrogen) atoms. The quantitative estimate of drug-likeness (QED) is 0.915. The van der Waals surface area contributed by atoms with Crippen molar-refractivity contribution in [2.24, 2.45) is 5.73 Å². The number of aromatic nitrogens is 1. The van der Waals surface area contributed by atoms with Gasteiger partial charge >= 0.3 is 0 Å². The minimum absolute atomic E-state index is 0. The van der Waals surface area contributed by atoms with Gasteiger partial charge in [-0.15, -0.1) is 23.7 Å². The molecule has 2 rings (SSSR count). The molecule has 0 saturated heterocycles. The lowest BCUT2D eigenvalue weighted by Gasteiger charge is -2.12. The minimum Gasteiger partial charge on any atom is -0.316 e. The lowest BCUT2D eigenvalue weighted by Crippen LogP contribution is -2.28. The number of nitrogens with two attached hydrogens (primary N) is 1. The van der Waals surface area contributed by atoms with Crippen LogP contribution in [0.25, 0.3) is 0 Å². The van der Waals surface area contributed by atoms with E-state index in [1.807, 2.05) is 0 Å². The van der Waals surface area contributed by atoms with Gasteiger partial charge in [0.2, 0.25) is 5.91 Å². The van der Waals surface area contributed by atoms with Gasteiger partial charge in [-0.2, -0.15) is 0 Å². The van der Waals surface area contributed by atoms with Gasteiger partial charge in [-0.25, -0.2) is 13.8 Å². The van der Waals surface area contributed by atoms with E-state index in [1.165, 1.54) is 17.5 Å². The second-order valence-corrected chi connectivity index (χ2v) is 4.36. The van der Waals surface area contributed by atoms with Crippen molar-refractivity contribution < 1.29 is 13.6 Å². The van der Waals surface area contributed by atoms with E-state index >= 15 is 0 Å². The zero-order valence-electron chi connectivity index (χ0n) is 9.47. The van der Waals surface area contributed by atoms with Gasteiger partial charge < -0.3 is 11.1 Å². The lowest BCUT2D eigenvalue weighted by molar-refractivity contribution is -0.117. The molecule has 8 heteroatoms. The Morgan fingerprint density at radius 3 is 2.79 bits per heavy atom. The van der Waals surface area contributed by atoms with E-state index in [0.29, 0.717) is 5.13 Å². The van der Waals surface area contributed by atoms with Crippen molar-refractivity contribution in [3.8, 4) is 0 Å².